The van der Waals surface area contributed by atoms with Gasteiger partial charge in [-0.05, 0) is 30.4 Å². The third kappa shape index (κ3) is 7.47. The third-order valence-electron chi connectivity index (χ3n) is 1.84. The molecule has 0 amide bonds. The fraction of sp³-hybridized carbons (Fsp3) is 0. The summed E-state index contributed by atoms with van der Waals surface area (Å²) in [6, 6.07) is 2.77. The van der Waals surface area contributed by atoms with Crippen LogP contribution in [-0.2, 0) is 9.13 Å². The van der Waals surface area contributed by atoms with Crippen molar-refractivity contribution in [2.24, 2.45) is 5.73 Å². The number of hydrogen-bond acceptors (Lipinski definition) is 3. The molecular weight excluding hydrogens is 348 g/mol. The minimum absolute atomic E-state index is 0. The summed E-state index contributed by atoms with van der Waals surface area (Å²) in [4.78, 5) is 36.0. The van der Waals surface area contributed by atoms with Crippen molar-refractivity contribution >= 4 is 48.8 Å². The van der Waals surface area contributed by atoms with Crippen LogP contribution in [0.3, 0.4) is 0 Å². The topological polar surface area (TPSA) is 153 Å². The molecule has 0 aliphatic carbocycles. The first kappa shape index (κ1) is 23.5. The fourth-order valence-corrected chi connectivity index (χ4v) is 2.59. The molecule has 7 N–H and O–H groups in total. The Kier molecular flexibility index (Phi) is 10.3. The van der Waals surface area contributed by atoms with Crippen LogP contribution < -0.4 is 80.8 Å². The molecule has 0 bridgehead atoms. The predicted molar refractivity (Wildman–Crippen MR) is 72.4 cm³/mol. The summed E-state index contributed by atoms with van der Waals surface area (Å²) in [6.45, 7) is 0. The van der Waals surface area contributed by atoms with Gasteiger partial charge >= 0.3 is 74.3 Å². The molecule has 0 saturated carbocycles. The smallest absolute Gasteiger partial charge is 1.00 e. The molecule has 104 valence electrons. The van der Waals surface area contributed by atoms with Gasteiger partial charge < -0.3 is 33.5 Å². The van der Waals surface area contributed by atoms with Gasteiger partial charge in [0.05, 0.1) is 10.6 Å². The number of benzene rings is 1. The van der Waals surface area contributed by atoms with Crippen LogP contribution in [0.2, 0.25) is 0 Å². The number of rotatable bonds is 3. The van der Waals surface area contributed by atoms with Crippen LogP contribution in [-0.4, -0.2) is 24.7 Å². The van der Waals surface area contributed by atoms with Crippen LogP contribution in [0.15, 0.2) is 18.2 Å². The van der Waals surface area contributed by atoms with Crippen molar-refractivity contribution in [3.63, 3.8) is 0 Å². The first-order chi connectivity index (χ1) is 8.00. The average Bonchev–Trinajstić information content (AvgIpc) is 2.13. The van der Waals surface area contributed by atoms with Gasteiger partial charge in [-0.15, -0.1) is 0 Å². The Morgan fingerprint density at radius 3 is 1.65 bits per heavy atom. The van der Waals surface area contributed by atoms with Crippen LogP contribution in [0, 0.1) is 0 Å². The summed E-state index contributed by atoms with van der Waals surface area (Å²) in [5, 5.41) is 1.07. The number of anilines is 1. The molecule has 1 rings (SSSR count). The summed E-state index contributed by atoms with van der Waals surface area (Å²) >= 11 is 4.53. The van der Waals surface area contributed by atoms with Gasteiger partial charge in [0.25, 0.3) is 0 Å². The third-order valence-corrected chi connectivity index (χ3v) is 3.81. The molecule has 0 heterocycles. The normalized spacial score (nSPS) is 11.0. The second-order valence-corrected chi connectivity index (χ2v) is 6.96. The van der Waals surface area contributed by atoms with E-state index in [0.29, 0.717) is 0 Å². The van der Waals surface area contributed by atoms with Gasteiger partial charge in [-0.2, -0.15) is 0 Å². The molecule has 0 spiro atoms. The van der Waals surface area contributed by atoms with Crippen LogP contribution >= 0.6 is 27.4 Å². The quantitative estimate of drug-likeness (QED) is 0.175. The van der Waals surface area contributed by atoms with Gasteiger partial charge in [-0.1, -0.05) is 0 Å². The van der Waals surface area contributed by atoms with Crippen LogP contribution in [0.5, 0.6) is 0 Å². The van der Waals surface area contributed by atoms with E-state index in [0.717, 1.165) is 18.2 Å². The first-order valence-electron chi connectivity index (χ1n) is 4.34. The summed E-state index contributed by atoms with van der Waals surface area (Å²) in [5.74, 6) is 0. The van der Waals surface area contributed by atoms with E-state index in [1.165, 1.54) is 0 Å². The number of nitrogens with two attached hydrogens (primary N) is 1. The molecule has 0 aliphatic heterocycles. The molecular formula is C7H12N2Na2O6P2S. The van der Waals surface area contributed by atoms with E-state index in [1.54, 1.807) is 0 Å². The van der Waals surface area contributed by atoms with E-state index < -0.39 is 25.8 Å². The number of nitrogens with one attached hydrogen (secondary N) is 1. The van der Waals surface area contributed by atoms with E-state index in [4.69, 9.17) is 25.3 Å². The zero-order valence-electron chi connectivity index (χ0n) is 12.7. The molecule has 13 heteroatoms. The Balaban J connectivity index is -0.000000405. The second-order valence-electron chi connectivity index (χ2n) is 3.32. The molecule has 0 radical (unpaired) electrons. The van der Waals surface area contributed by atoms with Gasteiger partial charge in [-0.25, -0.2) is 0 Å². The monoisotopic (exact) mass is 360 g/mol. The maximum absolute atomic E-state index is 11.1. The molecule has 8 nitrogen and oxygen atoms in total. The Morgan fingerprint density at radius 2 is 1.40 bits per heavy atom. The van der Waals surface area contributed by atoms with Crippen molar-refractivity contribution in [1.29, 1.82) is 0 Å². The first-order valence-corrected chi connectivity index (χ1v) is 7.97. The largest absolute Gasteiger partial charge is 1.00 e. The van der Waals surface area contributed by atoms with E-state index in [1.807, 2.05) is 0 Å². The van der Waals surface area contributed by atoms with Gasteiger partial charge in [0, 0.05) is 5.69 Å². The molecule has 20 heavy (non-hydrogen) atoms. The van der Waals surface area contributed by atoms with Gasteiger partial charge in [-0.3, -0.25) is 9.13 Å². The molecule has 0 saturated heterocycles. The Labute approximate surface area is 167 Å². The zero-order valence-corrected chi connectivity index (χ0v) is 17.3. The maximum atomic E-state index is 11.1. The number of hydrogen-bond donors (Lipinski definition) is 6. The van der Waals surface area contributed by atoms with E-state index >= 15 is 0 Å². The summed E-state index contributed by atoms with van der Waals surface area (Å²) < 4.78 is 22.2. The maximum Gasteiger partial charge on any atom is 1.00 e. The van der Waals surface area contributed by atoms with Crippen LogP contribution in [0.4, 0.5) is 5.69 Å². The molecule has 0 aromatic heterocycles. The van der Waals surface area contributed by atoms with E-state index in [2.05, 4.69) is 17.5 Å². The Morgan fingerprint density at radius 1 is 1.05 bits per heavy atom. The van der Waals surface area contributed by atoms with Gasteiger partial charge in [0.15, 0.2) is 5.11 Å². The Bertz CT molecular complexity index is 558. The minimum Gasteiger partial charge on any atom is -1.00 e. The minimum atomic E-state index is -4.65. The summed E-state index contributed by atoms with van der Waals surface area (Å²) in [6.07, 6.45) is 0. The van der Waals surface area contributed by atoms with Crippen molar-refractivity contribution in [1.82, 2.24) is 0 Å². The van der Waals surface area contributed by atoms with Crippen molar-refractivity contribution in [2.45, 2.75) is 0 Å². The molecule has 1 aromatic carbocycles. The van der Waals surface area contributed by atoms with Crippen LogP contribution in [0.1, 0.15) is 2.85 Å². The SMILES string of the molecule is NC(=S)Nc1cc(P(=O)(O)O)cc(P(=O)(O)O)c1.[H-].[H-].[Na+].[Na+]. The van der Waals surface area contributed by atoms with Crippen LogP contribution in [0.25, 0.3) is 0 Å². The molecule has 0 atom stereocenters. The summed E-state index contributed by atoms with van der Waals surface area (Å²) in [7, 11) is -9.30. The van der Waals surface area contributed by atoms with Crippen molar-refractivity contribution < 1.29 is 90.7 Å². The van der Waals surface area contributed by atoms with E-state index in [-0.39, 0.29) is 72.8 Å². The fourth-order valence-electron chi connectivity index (χ4n) is 1.15. The zero-order chi connectivity index (χ0) is 14.1. The molecule has 0 aliphatic rings. The Hall–Kier alpha value is 1.21. The van der Waals surface area contributed by atoms with Gasteiger partial charge in [0.2, 0.25) is 0 Å². The van der Waals surface area contributed by atoms with Gasteiger partial charge in [0.1, 0.15) is 0 Å². The molecule has 1 aromatic rings. The number of thiocarbonyl (C=S) groups is 1. The second kappa shape index (κ2) is 8.74. The van der Waals surface area contributed by atoms with Crippen molar-refractivity contribution in [3.05, 3.63) is 18.2 Å². The molecule has 0 unspecified atom stereocenters. The van der Waals surface area contributed by atoms with Crippen molar-refractivity contribution in [2.75, 3.05) is 5.32 Å². The standard InChI is InChI=1S/C7H10N2O6P2S.2Na.2H/c8-7(18)9-4-1-5(16(10,11)12)3-6(2-4)17(13,14)15;;;;/h1-3H,(H3,8,9,18)(H2,10,11,12)(H2,13,14,15);;;;/q;2*+1;2*-1. The average molecular weight is 360 g/mol. The molecule has 0 fully saturated rings. The van der Waals surface area contributed by atoms with E-state index in [9.17, 15) is 9.13 Å². The predicted octanol–water partition coefficient (Wildman–Crippen LogP) is -6.82. The van der Waals surface area contributed by atoms with Crippen molar-refractivity contribution in [3.8, 4) is 0 Å². The summed E-state index contributed by atoms with van der Waals surface area (Å²) in [5.41, 5.74) is 5.16.